The van der Waals surface area contributed by atoms with Crippen molar-refractivity contribution in [2.45, 2.75) is 53.1 Å². The number of aromatic nitrogens is 1. The summed E-state index contributed by atoms with van der Waals surface area (Å²) in [6.07, 6.45) is 3.86. The molecule has 33 heavy (non-hydrogen) atoms. The monoisotopic (exact) mass is 451 g/mol. The van der Waals surface area contributed by atoms with E-state index in [1.807, 2.05) is 44.3 Å². The number of hydrogen-bond donors (Lipinski definition) is 0. The molecule has 0 unspecified atom stereocenters. The van der Waals surface area contributed by atoms with Crippen LogP contribution in [0.3, 0.4) is 0 Å². The molecule has 0 aliphatic carbocycles. The lowest BCUT2D eigenvalue weighted by molar-refractivity contribution is -0.137. The van der Waals surface area contributed by atoms with Crippen molar-refractivity contribution < 1.29 is 13.2 Å². The summed E-state index contributed by atoms with van der Waals surface area (Å²) in [5, 5.41) is 0. The van der Waals surface area contributed by atoms with Crippen LogP contribution >= 0.6 is 0 Å². The average Bonchev–Trinajstić information content (AvgIpc) is 2.77. The molecule has 1 heterocycles. The third-order valence-corrected chi connectivity index (χ3v) is 5.55. The molecule has 1 aromatic heterocycles. The summed E-state index contributed by atoms with van der Waals surface area (Å²) in [6, 6.07) is 13.6. The van der Waals surface area contributed by atoms with Gasteiger partial charge in [-0.2, -0.15) is 13.2 Å². The van der Waals surface area contributed by atoms with Crippen LogP contribution in [0.25, 0.3) is 6.08 Å². The summed E-state index contributed by atoms with van der Waals surface area (Å²) in [4.78, 5) is 4.28. The number of allylic oxidation sites excluding steroid dienone is 2. The zero-order valence-corrected chi connectivity index (χ0v) is 20.0. The smallest absolute Gasteiger partial charge is 0.261 e. The third-order valence-electron chi connectivity index (χ3n) is 5.55. The highest BCUT2D eigenvalue weighted by Gasteiger charge is 2.29. The molecule has 0 aliphatic heterocycles. The molecule has 0 bridgehead atoms. The van der Waals surface area contributed by atoms with Crippen LogP contribution < -0.4 is 0 Å². The zero-order valence-electron chi connectivity index (χ0n) is 20.0. The Hall–Kier alpha value is -3.14. The molecule has 174 valence electrons. The van der Waals surface area contributed by atoms with E-state index in [9.17, 15) is 13.2 Å². The maximum atomic E-state index is 12.6. The number of pyridine rings is 1. The maximum absolute atomic E-state index is 12.6. The lowest BCUT2D eigenvalue weighted by Gasteiger charge is -2.12. The first kappa shape index (κ1) is 26.1. The quantitative estimate of drug-likeness (QED) is 0.354. The first-order valence-corrected chi connectivity index (χ1v) is 11.0. The molecule has 3 rings (SSSR count). The summed E-state index contributed by atoms with van der Waals surface area (Å²) in [6.45, 7) is 14.1. The van der Waals surface area contributed by atoms with E-state index in [-0.39, 0.29) is 0 Å². The van der Waals surface area contributed by atoms with Crippen molar-refractivity contribution in [1.29, 1.82) is 0 Å². The Morgan fingerprint density at radius 2 is 1.58 bits per heavy atom. The van der Waals surface area contributed by atoms with Crippen molar-refractivity contribution >= 4 is 6.08 Å². The summed E-state index contributed by atoms with van der Waals surface area (Å²) >= 11 is 0. The van der Waals surface area contributed by atoms with E-state index in [2.05, 4.69) is 44.5 Å². The average molecular weight is 452 g/mol. The predicted octanol–water partition coefficient (Wildman–Crippen LogP) is 8.63. The van der Waals surface area contributed by atoms with Gasteiger partial charge in [0.1, 0.15) is 0 Å². The van der Waals surface area contributed by atoms with Crippen molar-refractivity contribution in [1.82, 2.24) is 4.98 Å². The van der Waals surface area contributed by atoms with Crippen LogP contribution in [0.5, 0.6) is 0 Å². The van der Waals surface area contributed by atoms with Crippen LogP contribution in [-0.2, 0) is 12.6 Å². The van der Waals surface area contributed by atoms with Crippen molar-refractivity contribution in [2.75, 3.05) is 0 Å². The normalized spacial score (nSPS) is 11.4. The number of alkyl halides is 3. The van der Waals surface area contributed by atoms with Crippen LogP contribution in [0.1, 0.15) is 64.4 Å². The van der Waals surface area contributed by atoms with E-state index in [1.54, 1.807) is 18.2 Å². The summed E-state index contributed by atoms with van der Waals surface area (Å²) < 4.78 is 37.8. The molecule has 2 aromatic carbocycles. The SMILES string of the molecule is C=C/C=C\c1ccc(Cc2ccc(C(F)(F)F)cc2)c(C)c1C.Cc1ccc(C(C)C)nc1. The van der Waals surface area contributed by atoms with Gasteiger partial charge in [0.25, 0.3) is 0 Å². The molecule has 0 atom stereocenters. The molecular weight excluding hydrogens is 419 g/mol. The van der Waals surface area contributed by atoms with Gasteiger partial charge in [-0.05, 0) is 84.7 Å². The lowest BCUT2D eigenvalue weighted by Crippen LogP contribution is -2.04. The molecule has 0 saturated carbocycles. The lowest BCUT2D eigenvalue weighted by atomic mass is 9.93. The van der Waals surface area contributed by atoms with Crippen LogP contribution in [0.15, 0.2) is 73.5 Å². The maximum Gasteiger partial charge on any atom is 0.416 e. The van der Waals surface area contributed by atoms with Gasteiger partial charge in [0.05, 0.1) is 5.56 Å². The second-order valence-electron chi connectivity index (χ2n) is 8.45. The number of aryl methyl sites for hydroxylation is 1. The highest BCUT2D eigenvalue weighted by molar-refractivity contribution is 5.58. The fourth-order valence-electron chi connectivity index (χ4n) is 3.29. The fourth-order valence-corrected chi connectivity index (χ4v) is 3.29. The van der Waals surface area contributed by atoms with Gasteiger partial charge in [0, 0.05) is 11.9 Å². The molecule has 0 amide bonds. The Morgan fingerprint density at radius 3 is 2.09 bits per heavy atom. The van der Waals surface area contributed by atoms with Gasteiger partial charge in [-0.3, -0.25) is 4.98 Å². The van der Waals surface area contributed by atoms with E-state index in [0.717, 1.165) is 34.4 Å². The number of benzene rings is 2. The van der Waals surface area contributed by atoms with Crippen LogP contribution in [0.2, 0.25) is 0 Å². The second kappa shape index (κ2) is 11.6. The van der Waals surface area contributed by atoms with Crippen molar-refractivity contribution in [3.05, 3.63) is 118 Å². The van der Waals surface area contributed by atoms with E-state index < -0.39 is 11.7 Å². The Balaban J connectivity index is 0.000000321. The predicted molar refractivity (Wildman–Crippen MR) is 132 cm³/mol. The van der Waals surface area contributed by atoms with E-state index >= 15 is 0 Å². The summed E-state index contributed by atoms with van der Waals surface area (Å²) in [5.41, 5.74) is 7.24. The van der Waals surface area contributed by atoms with Gasteiger partial charge >= 0.3 is 6.18 Å². The Morgan fingerprint density at radius 1 is 0.909 bits per heavy atom. The molecule has 4 heteroatoms. The minimum atomic E-state index is -4.29. The Labute approximate surface area is 195 Å². The third kappa shape index (κ3) is 7.74. The van der Waals surface area contributed by atoms with Gasteiger partial charge in [-0.25, -0.2) is 0 Å². The number of halogens is 3. The van der Waals surface area contributed by atoms with Crippen molar-refractivity contribution in [2.24, 2.45) is 0 Å². The molecule has 0 spiro atoms. The number of hydrogen-bond acceptors (Lipinski definition) is 1. The standard InChI is InChI=1S/C20H19F3.C9H13N/c1-4-5-6-17-9-10-18(15(3)14(17)2)13-16-7-11-19(12-8-16)20(21,22)23;1-7(2)9-5-4-8(3)6-10-9/h4-12H,1,13H2,2-3H3;4-7H,1-3H3/b6-5-;. The van der Waals surface area contributed by atoms with Gasteiger partial charge in [0.15, 0.2) is 0 Å². The number of rotatable bonds is 5. The van der Waals surface area contributed by atoms with Crippen molar-refractivity contribution in [3.63, 3.8) is 0 Å². The fraction of sp³-hybridized carbons (Fsp3) is 0.276. The van der Waals surface area contributed by atoms with Gasteiger partial charge < -0.3 is 0 Å². The molecular formula is C29H32F3N. The van der Waals surface area contributed by atoms with Crippen LogP contribution in [0, 0.1) is 20.8 Å². The largest absolute Gasteiger partial charge is 0.416 e. The van der Waals surface area contributed by atoms with E-state index in [1.165, 1.54) is 16.8 Å². The molecule has 0 radical (unpaired) electrons. The highest BCUT2D eigenvalue weighted by atomic mass is 19.4. The minimum absolute atomic E-state index is 0.542. The zero-order chi connectivity index (χ0) is 24.6. The van der Waals surface area contributed by atoms with E-state index in [4.69, 9.17) is 0 Å². The Bertz CT molecular complexity index is 1070. The number of nitrogens with zero attached hydrogens (tertiary/aromatic N) is 1. The summed E-state index contributed by atoms with van der Waals surface area (Å²) in [5.74, 6) is 0.542. The van der Waals surface area contributed by atoms with Crippen LogP contribution in [0.4, 0.5) is 13.2 Å². The highest BCUT2D eigenvalue weighted by Crippen LogP contribution is 2.30. The van der Waals surface area contributed by atoms with Gasteiger partial charge in [-0.1, -0.05) is 69.0 Å². The molecule has 0 fully saturated rings. The topological polar surface area (TPSA) is 12.9 Å². The molecule has 1 nitrogen and oxygen atoms in total. The minimum Gasteiger partial charge on any atom is -0.261 e. The second-order valence-corrected chi connectivity index (χ2v) is 8.45. The molecule has 3 aromatic rings. The van der Waals surface area contributed by atoms with Gasteiger partial charge in [0.2, 0.25) is 0 Å². The van der Waals surface area contributed by atoms with Crippen LogP contribution in [-0.4, -0.2) is 4.98 Å². The summed E-state index contributed by atoms with van der Waals surface area (Å²) in [7, 11) is 0. The first-order chi connectivity index (χ1) is 15.5. The molecule has 0 saturated heterocycles. The van der Waals surface area contributed by atoms with Crippen molar-refractivity contribution in [3.8, 4) is 0 Å². The first-order valence-electron chi connectivity index (χ1n) is 11.0. The van der Waals surface area contributed by atoms with E-state index in [0.29, 0.717) is 12.3 Å². The molecule has 0 N–H and O–H groups in total. The Kier molecular flexibility index (Phi) is 9.22. The molecule has 0 aliphatic rings. The van der Waals surface area contributed by atoms with Gasteiger partial charge in [-0.15, -0.1) is 0 Å².